The minimum absolute atomic E-state index is 0.305. The molecule has 2 rings (SSSR count). The molecular formula is C12H13NO2. The van der Waals surface area contributed by atoms with E-state index < -0.39 is 0 Å². The average Bonchev–Trinajstić information content (AvgIpc) is 2.18. The van der Waals surface area contributed by atoms with Crippen LogP contribution < -0.4 is 10.5 Å². The van der Waals surface area contributed by atoms with Crippen molar-refractivity contribution in [1.29, 1.82) is 0 Å². The van der Waals surface area contributed by atoms with E-state index >= 15 is 0 Å². The Labute approximate surface area is 87.9 Å². The maximum absolute atomic E-state index is 11.4. The third-order valence-electron chi connectivity index (χ3n) is 2.43. The predicted octanol–water partition coefficient (Wildman–Crippen LogP) is 2.17. The van der Waals surface area contributed by atoms with E-state index in [4.69, 9.17) is 4.42 Å². The Bertz CT molecular complexity index is 555. The van der Waals surface area contributed by atoms with Gasteiger partial charge in [-0.05, 0) is 18.6 Å². The van der Waals surface area contributed by atoms with E-state index in [1.54, 1.807) is 0 Å². The number of nitrogens with zero attached hydrogens (tertiary/aromatic N) is 1. The molecule has 0 bridgehead atoms. The van der Waals surface area contributed by atoms with Crippen molar-refractivity contribution in [2.75, 3.05) is 19.0 Å². The van der Waals surface area contributed by atoms with Gasteiger partial charge in [0.05, 0.1) is 5.69 Å². The molecule has 1 aromatic heterocycles. The summed E-state index contributed by atoms with van der Waals surface area (Å²) in [5, 5.41) is 0.972. The zero-order valence-corrected chi connectivity index (χ0v) is 9.07. The molecule has 0 saturated heterocycles. The molecule has 2 aromatic rings. The number of benzene rings is 1. The first kappa shape index (κ1) is 9.77. The molecule has 0 N–H and O–H groups in total. The van der Waals surface area contributed by atoms with E-state index in [0.717, 1.165) is 16.6 Å². The van der Waals surface area contributed by atoms with Crippen molar-refractivity contribution in [2.45, 2.75) is 6.92 Å². The van der Waals surface area contributed by atoms with Gasteiger partial charge in [-0.2, -0.15) is 0 Å². The number of hydrogen-bond donors (Lipinski definition) is 0. The highest BCUT2D eigenvalue weighted by Crippen LogP contribution is 2.25. The SMILES string of the molecule is Cc1cccc2c(N(C)C)cc(=O)oc12. The van der Waals surface area contributed by atoms with Gasteiger partial charge in [-0.3, -0.25) is 0 Å². The van der Waals surface area contributed by atoms with Crippen molar-refractivity contribution >= 4 is 16.7 Å². The highest BCUT2D eigenvalue weighted by Gasteiger charge is 2.08. The molecule has 1 aromatic carbocycles. The standard InChI is InChI=1S/C12H13NO2/c1-8-5-4-6-9-10(13(2)3)7-11(14)15-12(8)9/h4-7H,1-3H3. The minimum atomic E-state index is -0.305. The number of fused-ring (bicyclic) bond motifs is 1. The van der Waals surface area contributed by atoms with Crippen LogP contribution in [0.1, 0.15) is 5.56 Å². The van der Waals surface area contributed by atoms with Gasteiger partial charge in [0.2, 0.25) is 0 Å². The molecule has 0 fully saturated rings. The highest BCUT2D eigenvalue weighted by molar-refractivity contribution is 5.91. The van der Waals surface area contributed by atoms with Crippen LogP contribution in [0, 0.1) is 6.92 Å². The predicted molar refractivity (Wildman–Crippen MR) is 61.5 cm³/mol. The van der Waals surface area contributed by atoms with Gasteiger partial charge in [0, 0.05) is 25.5 Å². The molecule has 0 atom stereocenters. The van der Waals surface area contributed by atoms with Crippen LogP contribution in [0.3, 0.4) is 0 Å². The van der Waals surface area contributed by atoms with Crippen LogP contribution in [0.4, 0.5) is 5.69 Å². The van der Waals surface area contributed by atoms with Crippen molar-refractivity contribution < 1.29 is 4.42 Å². The molecule has 0 radical (unpaired) electrons. The van der Waals surface area contributed by atoms with E-state index in [1.165, 1.54) is 6.07 Å². The molecule has 15 heavy (non-hydrogen) atoms. The summed E-state index contributed by atoms with van der Waals surface area (Å²) in [6, 6.07) is 7.37. The van der Waals surface area contributed by atoms with Crippen LogP contribution in [0.5, 0.6) is 0 Å². The Morgan fingerprint density at radius 1 is 1.27 bits per heavy atom. The van der Waals surface area contributed by atoms with Gasteiger partial charge >= 0.3 is 5.63 Å². The molecule has 0 aliphatic heterocycles. The fourth-order valence-electron chi connectivity index (χ4n) is 1.68. The van der Waals surface area contributed by atoms with Crippen molar-refractivity contribution in [2.24, 2.45) is 0 Å². The highest BCUT2D eigenvalue weighted by atomic mass is 16.4. The first-order valence-corrected chi connectivity index (χ1v) is 4.80. The van der Waals surface area contributed by atoms with Gasteiger partial charge in [0.15, 0.2) is 0 Å². The number of hydrogen-bond acceptors (Lipinski definition) is 3. The maximum atomic E-state index is 11.4. The number of anilines is 1. The zero-order chi connectivity index (χ0) is 11.0. The van der Waals surface area contributed by atoms with E-state index in [9.17, 15) is 4.79 Å². The molecule has 3 heteroatoms. The Hall–Kier alpha value is -1.77. The van der Waals surface area contributed by atoms with Crippen molar-refractivity contribution in [3.8, 4) is 0 Å². The molecule has 0 aliphatic rings. The Kier molecular flexibility index (Phi) is 2.23. The Morgan fingerprint density at radius 3 is 2.67 bits per heavy atom. The summed E-state index contributed by atoms with van der Waals surface area (Å²) in [5.74, 6) is 0. The summed E-state index contributed by atoms with van der Waals surface area (Å²) in [5.41, 5.74) is 2.24. The fourth-order valence-corrected chi connectivity index (χ4v) is 1.68. The van der Waals surface area contributed by atoms with Gasteiger partial charge in [0.1, 0.15) is 5.58 Å². The Balaban J connectivity index is 2.93. The normalized spacial score (nSPS) is 10.6. The van der Waals surface area contributed by atoms with Crippen LogP contribution in [-0.2, 0) is 0 Å². The molecule has 78 valence electrons. The smallest absolute Gasteiger partial charge is 0.338 e. The molecule has 3 nitrogen and oxygen atoms in total. The average molecular weight is 203 g/mol. The van der Waals surface area contributed by atoms with E-state index in [2.05, 4.69) is 0 Å². The molecule has 0 spiro atoms. The lowest BCUT2D eigenvalue weighted by molar-refractivity contribution is 0.558. The fraction of sp³-hybridized carbons (Fsp3) is 0.250. The summed E-state index contributed by atoms with van der Waals surface area (Å²) >= 11 is 0. The summed E-state index contributed by atoms with van der Waals surface area (Å²) in [4.78, 5) is 13.3. The van der Waals surface area contributed by atoms with Gasteiger partial charge in [-0.25, -0.2) is 4.79 Å². The topological polar surface area (TPSA) is 33.5 Å². The van der Waals surface area contributed by atoms with Crippen molar-refractivity contribution in [3.63, 3.8) is 0 Å². The molecule has 0 amide bonds. The Morgan fingerprint density at radius 2 is 2.00 bits per heavy atom. The van der Waals surface area contributed by atoms with Gasteiger partial charge in [-0.1, -0.05) is 12.1 Å². The van der Waals surface area contributed by atoms with Crippen LogP contribution in [0.25, 0.3) is 11.0 Å². The summed E-state index contributed by atoms with van der Waals surface area (Å²) in [7, 11) is 3.83. The van der Waals surface area contributed by atoms with Crippen LogP contribution >= 0.6 is 0 Å². The van der Waals surface area contributed by atoms with Crippen LogP contribution in [-0.4, -0.2) is 14.1 Å². The molecule has 0 saturated carbocycles. The van der Waals surface area contributed by atoms with Crippen LogP contribution in [0.2, 0.25) is 0 Å². The molecular weight excluding hydrogens is 190 g/mol. The van der Waals surface area contributed by atoms with Crippen molar-refractivity contribution in [3.05, 3.63) is 40.2 Å². The second-order valence-electron chi connectivity index (χ2n) is 3.80. The van der Waals surface area contributed by atoms with Gasteiger partial charge in [-0.15, -0.1) is 0 Å². The third-order valence-corrected chi connectivity index (χ3v) is 2.43. The van der Waals surface area contributed by atoms with Crippen LogP contribution in [0.15, 0.2) is 33.5 Å². The first-order valence-electron chi connectivity index (χ1n) is 4.80. The second kappa shape index (κ2) is 3.42. The summed E-state index contributed by atoms with van der Waals surface area (Å²) in [6.07, 6.45) is 0. The lowest BCUT2D eigenvalue weighted by atomic mass is 10.1. The molecule has 1 heterocycles. The van der Waals surface area contributed by atoms with E-state index in [1.807, 2.05) is 44.1 Å². The summed E-state index contributed by atoms with van der Waals surface area (Å²) in [6.45, 7) is 1.94. The minimum Gasteiger partial charge on any atom is -0.422 e. The lowest BCUT2D eigenvalue weighted by Crippen LogP contribution is -2.12. The number of aryl methyl sites for hydroxylation is 1. The molecule has 0 aliphatic carbocycles. The lowest BCUT2D eigenvalue weighted by Gasteiger charge is -2.14. The van der Waals surface area contributed by atoms with Gasteiger partial charge < -0.3 is 9.32 Å². The van der Waals surface area contributed by atoms with E-state index in [0.29, 0.717) is 5.58 Å². The maximum Gasteiger partial charge on any atom is 0.338 e. The quantitative estimate of drug-likeness (QED) is 0.666. The van der Waals surface area contributed by atoms with Crippen molar-refractivity contribution in [1.82, 2.24) is 0 Å². The second-order valence-corrected chi connectivity index (χ2v) is 3.80. The first-order chi connectivity index (χ1) is 7.09. The number of rotatable bonds is 1. The summed E-state index contributed by atoms with van der Waals surface area (Å²) < 4.78 is 5.20. The zero-order valence-electron chi connectivity index (χ0n) is 9.07. The largest absolute Gasteiger partial charge is 0.422 e. The third kappa shape index (κ3) is 1.61. The van der Waals surface area contributed by atoms with Gasteiger partial charge in [0.25, 0.3) is 0 Å². The monoisotopic (exact) mass is 203 g/mol. The number of para-hydroxylation sites is 1. The van der Waals surface area contributed by atoms with E-state index in [-0.39, 0.29) is 5.63 Å². The molecule has 0 unspecified atom stereocenters.